The van der Waals surface area contributed by atoms with Gasteiger partial charge in [-0.05, 0) is 58.4 Å². The topological polar surface area (TPSA) is 34.1 Å². The second-order valence-electron chi connectivity index (χ2n) is 7.13. The van der Waals surface area contributed by atoms with E-state index in [1.54, 1.807) is 13.3 Å². The van der Waals surface area contributed by atoms with Gasteiger partial charge < -0.3 is 9.47 Å². The van der Waals surface area contributed by atoms with Crippen LogP contribution >= 0.6 is 27.5 Å². The fourth-order valence-electron chi connectivity index (χ4n) is 3.23. The smallest absolute Gasteiger partial charge is 0.162 e. The Labute approximate surface area is 207 Å². The SMILES string of the molecule is COc1cc(/C=N/N(c2ccccc2)c2ccccc2)c(Br)cc1OCc1ccccc1Cl. The number of methoxy groups -OCH3 is 1. The third-order valence-corrected chi connectivity index (χ3v) is 5.99. The van der Waals surface area contributed by atoms with Crippen molar-refractivity contribution in [1.82, 2.24) is 0 Å². The number of hydrazone groups is 1. The molecule has 0 aromatic heterocycles. The van der Waals surface area contributed by atoms with Crippen molar-refractivity contribution in [3.05, 3.63) is 118 Å². The molecule has 0 radical (unpaired) electrons. The molecule has 4 nitrogen and oxygen atoms in total. The molecule has 166 valence electrons. The Morgan fingerprint density at radius 1 is 0.848 bits per heavy atom. The van der Waals surface area contributed by atoms with Crippen molar-refractivity contribution >= 4 is 45.1 Å². The van der Waals surface area contributed by atoms with Crippen molar-refractivity contribution < 1.29 is 9.47 Å². The summed E-state index contributed by atoms with van der Waals surface area (Å²) < 4.78 is 12.4. The zero-order valence-electron chi connectivity index (χ0n) is 18.0. The Morgan fingerprint density at radius 2 is 1.45 bits per heavy atom. The van der Waals surface area contributed by atoms with Crippen LogP contribution < -0.4 is 14.5 Å². The van der Waals surface area contributed by atoms with Crippen LogP contribution in [0.5, 0.6) is 11.5 Å². The van der Waals surface area contributed by atoms with E-state index in [4.69, 9.17) is 26.2 Å². The molecule has 0 atom stereocenters. The number of nitrogens with zero attached hydrogens (tertiary/aromatic N) is 2. The number of rotatable bonds is 8. The van der Waals surface area contributed by atoms with E-state index in [-0.39, 0.29) is 0 Å². The second kappa shape index (κ2) is 11.0. The number of hydrogen-bond acceptors (Lipinski definition) is 4. The van der Waals surface area contributed by atoms with Crippen LogP contribution in [0.15, 0.2) is 107 Å². The van der Waals surface area contributed by atoms with E-state index in [0.717, 1.165) is 27.0 Å². The summed E-state index contributed by atoms with van der Waals surface area (Å²) in [6.45, 7) is 0.339. The Bertz CT molecular complexity index is 1190. The number of hydrogen-bond donors (Lipinski definition) is 0. The maximum absolute atomic E-state index is 6.25. The summed E-state index contributed by atoms with van der Waals surface area (Å²) in [5.74, 6) is 1.22. The molecule has 0 saturated heterocycles. The molecule has 0 heterocycles. The maximum Gasteiger partial charge on any atom is 0.162 e. The van der Waals surface area contributed by atoms with Gasteiger partial charge in [-0.3, -0.25) is 0 Å². The van der Waals surface area contributed by atoms with Gasteiger partial charge in [-0.15, -0.1) is 0 Å². The van der Waals surface area contributed by atoms with Gasteiger partial charge in [-0.1, -0.05) is 66.2 Å². The molecule has 0 fully saturated rings. The highest BCUT2D eigenvalue weighted by atomic mass is 79.9. The van der Waals surface area contributed by atoms with Crippen LogP contribution in [0.2, 0.25) is 5.02 Å². The highest BCUT2D eigenvalue weighted by Gasteiger charge is 2.12. The first-order chi connectivity index (χ1) is 16.2. The molecule has 0 N–H and O–H groups in total. The third kappa shape index (κ3) is 5.75. The van der Waals surface area contributed by atoms with Crippen LogP contribution in [0.1, 0.15) is 11.1 Å². The van der Waals surface area contributed by atoms with Crippen molar-refractivity contribution in [2.24, 2.45) is 5.10 Å². The molecule has 0 saturated carbocycles. The normalized spacial score (nSPS) is 10.9. The molecule has 0 unspecified atom stereocenters. The third-order valence-electron chi connectivity index (χ3n) is 4.94. The van der Waals surface area contributed by atoms with Gasteiger partial charge in [0.15, 0.2) is 11.5 Å². The Balaban J connectivity index is 1.61. The monoisotopic (exact) mass is 520 g/mol. The lowest BCUT2D eigenvalue weighted by Crippen LogP contribution is -2.09. The van der Waals surface area contributed by atoms with Gasteiger partial charge in [-0.25, -0.2) is 5.01 Å². The molecule has 0 amide bonds. The first kappa shape index (κ1) is 22.9. The lowest BCUT2D eigenvalue weighted by Gasteiger charge is -2.19. The van der Waals surface area contributed by atoms with Crippen molar-refractivity contribution in [3.8, 4) is 11.5 Å². The summed E-state index contributed by atoms with van der Waals surface area (Å²) in [6.07, 6.45) is 1.80. The van der Waals surface area contributed by atoms with Crippen LogP contribution in [0, 0.1) is 0 Å². The van der Waals surface area contributed by atoms with Gasteiger partial charge >= 0.3 is 0 Å². The number of ether oxygens (including phenoxy) is 2. The van der Waals surface area contributed by atoms with Crippen molar-refractivity contribution in [2.75, 3.05) is 12.1 Å². The van der Waals surface area contributed by atoms with E-state index in [9.17, 15) is 0 Å². The fraction of sp³-hybridized carbons (Fsp3) is 0.0741. The largest absolute Gasteiger partial charge is 0.493 e. The average molecular weight is 522 g/mol. The molecule has 0 aliphatic heterocycles. The summed E-state index contributed by atoms with van der Waals surface area (Å²) in [6, 6.07) is 31.4. The predicted octanol–water partition coefficient (Wildman–Crippen LogP) is 7.86. The van der Waals surface area contributed by atoms with Crippen LogP contribution in [-0.2, 0) is 6.61 Å². The zero-order chi connectivity index (χ0) is 23.0. The van der Waals surface area contributed by atoms with Gasteiger partial charge in [0.2, 0.25) is 0 Å². The molecule has 0 spiro atoms. The first-order valence-electron chi connectivity index (χ1n) is 10.3. The average Bonchev–Trinajstić information content (AvgIpc) is 2.86. The molecule has 4 rings (SSSR count). The highest BCUT2D eigenvalue weighted by molar-refractivity contribution is 9.10. The van der Waals surface area contributed by atoms with E-state index in [1.807, 2.05) is 102 Å². The molecule has 0 aliphatic carbocycles. The van der Waals surface area contributed by atoms with Crippen LogP contribution in [0.3, 0.4) is 0 Å². The van der Waals surface area contributed by atoms with Gasteiger partial charge in [0.1, 0.15) is 6.61 Å². The van der Waals surface area contributed by atoms with Gasteiger partial charge in [0.05, 0.1) is 24.7 Å². The van der Waals surface area contributed by atoms with Crippen molar-refractivity contribution in [2.45, 2.75) is 6.61 Å². The molecule has 4 aromatic carbocycles. The number of halogens is 2. The number of anilines is 2. The van der Waals surface area contributed by atoms with Crippen molar-refractivity contribution in [3.63, 3.8) is 0 Å². The molecule has 0 bridgehead atoms. The Morgan fingerprint density at radius 3 is 2.06 bits per heavy atom. The maximum atomic E-state index is 6.25. The van der Waals surface area contributed by atoms with Gasteiger partial charge in [-0.2, -0.15) is 5.10 Å². The van der Waals surface area contributed by atoms with Crippen LogP contribution in [0.25, 0.3) is 0 Å². The summed E-state index contributed by atoms with van der Waals surface area (Å²) >= 11 is 9.89. The fourth-order valence-corrected chi connectivity index (χ4v) is 3.85. The number of benzene rings is 4. The van der Waals surface area contributed by atoms with Gasteiger partial charge in [0, 0.05) is 20.6 Å². The summed E-state index contributed by atoms with van der Waals surface area (Å²) in [5, 5.41) is 7.33. The quantitative estimate of drug-likeness (QED) is 0.175. The Hall–Kier alpha value is -3.28. The number of para-hydroxylation sites is 2. The molecule has 0 aliphatic rings. The van der Waals surface area contributed by atoms with E-state index < -0.39 is 0 Å². The zero-order valence-corrected chi connectivity index (χ0v) is 20.3. The minimum Gasteiger partial charge on any atom is -0.493 e. The molecular weight excluding hydrogens is 500 g/mol. The minimum absolute atomic E-state index is 0.339. The summed E-state index contributed by atoms with van der Waals surface area (Å²) in [5.41, 5.74) is 3.68. The lowest BCUT2D eigenvalue weighted by atomic mass is 10.2. The van der Waals surface area contributed by atoms with E-state index >= 15 is 0 Å². The van der Waals surface area contributed by atoms with E-state index in [2.05, 4.69) is 15.9 Å². The molecule has 33 heavy (non-hydrogen) atoms. The van der Waals surface area contributed by atoms with E-state index in [0.29, 0.717) is 23.1 Å². The molecule has 4 aromatic rings. The Kier molecular flexibility index (Phi) is 7.66. The minimum atomic E-state index is 0.339. The molecule has 6 heteroatoms. The van der Waals surface area contributed by atoms with Crippen LogP contribution in [0.4, 0.5) is 11.4 Å². The molecular formula is C27H22BrClN2O2. The summed E-state index contributed by atoms with van der Waals surface area (Å²) in [4.78, 5) is 0. The highest BCUT2D eigenvalue weighted by Crippen LogP contribution is 2.34. The second-order valence-corrected chi connectivity index (χ2v) is 8.39. The predicted molar refractivity (Wildman–Crippen MR) is 139 cm³/mol. The van der Waals surface area contributed by atoms with Crippen molar-refractivity contribution in [1.29, 1.82) is 0 Å². The van der Waals surface area contributed by atoms with Crippen LogP contribution in [-0.4, -0.2) is 13.3 Å². The van der Waals surface area contributed by atoms with E-state index in [1.165, 1.54) is 0 Å². The lowest BCUT2D eigenvalue weighted by molar-refractivity contribution is 0.284. The standard InChI is InChI=1S/C27H22BrClN2O2/c1-32-26-16-21(24(28)17-27(26)33-19-20-10-8-9-15-25(20)29)18-30-31(22-11-4-2-5-12-22)23-13-6-3-7-14-23/h2-18H,19H2,1H3/b30-18+. The summed E-state index contributed by atoms with van der Waals surface area (Å²) in [7, 11) is 1.62. The van der Waals surface area contributed by atoms with Gasteiger partial charge in [0.25, 0.3) is 0 Å². The first-order valence-corrected chi connectivity index (χ1v) is 11.5.